The maximum atomic E-state index is 11.6. The molecule has 0 radical (unpaired) electrons. The number of nitrogens with zero attached hydrogens (tertiary/aromatic N) is 1. The van der Waals surface area contributed by atoms with Crippen LogP contribution in [-0.4, -0.2) is 16.1 Å². The minimum Gasteiger partial charge on any atom is -0.349 e. The van der Waals surface area contributed by atoms with Gasteiger partial charge in [-0.3, -0.25) is 4.79 Å². The molecule has 3 nitrogen and oxygen atoms in total. The first-order valence-electron chi connectivity index (χ1n) is 4.87. The second-order valence-corrected chi connectivity index (χ2v) is 5.65. The molecule has 1 atom stereocenters. The van der Waals surface area contributed by atoms with Gasteiger partial charge in [-0.1, -0.05) is 13.8 Å². The Balaban J connectivity index is 2.40. The third kappa shape index (κ3) is 3.83. The summed E-state index contributed by atoms with van der Waals surface area (Å²) < 4.78 is 0. The van der Waals surface area contributed by atoms with Gasteiger partial charge in [0, 0.05) is 11.1 Å². The molecule has 1 rings (SSSR count). The van der Waals surface area contributed by atoms with Gasteiger partial charge in [-0.05, 0) is 12.8 Å². The summed E-state index contributed by atoms with van der Waals surface area (Å²) in [6, 6.07) is 0. The third-order valence-electron chi connectivity index (χ3n) is 1.98. The zero-order valence-corrected chi connectivity index (χ0v) is 10.9. The monoisotopic (exact) mass is 244 g/mol. The highest BCUT2D eigenvalue weighted by Gasteiger charge is 2.17. The number of hydrogen-bond acceptors (Lipinski definition) is 4. The van der Waals surface area contributed by atoms with E-state index >= 15 is 0 Å². The van der Waals surface area contributed by atoms with Gasteiger partial charge in [-0.15, -0.1) is 11.3 Å². The molecular weight excluding hydrogens is 228 g/mol. The van der Waals surface area contributed by atoms with Gasteiger partial charge in [0.15, 0.2) is 0 Å². The van der Waals surface area contributed by atoms with Crippen LogP contribution in [0.2, 0.25) is 0 Å². The van der Waals surface area contributed by atoms with Crippen molar-refractivity contribution in [1.82, 2.24) is 10.3 Å². The highest BCUT2D eigenvalue weighted by molar-refractivity contribution is 7.81. The highest BCUT2D eigenvalue weighted by atomic mass is 32.1. The van der Waals surface area contributed by atoms with Gasteiger partial charge in [0.2, 0.25) is 5.91 Å². The second-order valence-electron chi connectivity index (χ2n) is 3.77. The lowest BCUT2D eigenvalue weighted by Crippen LogP contribution is -2.33. The number of thiol groups is 1. The van der Waals surface area contributed by atoms with Gasteiger partial charge in [0.1, 0.15) is 5.01 Å². The highest BCUT2D eigenvalue weighted by Crippen LogP contribution is 2.12. The molecule has 0 fully saturated rings. The molecule has 1 aromatic rings. The largest absolute Gasteiger partial charge is 0.349 e. The summed E-state index contributed by atoms with van der Waals surface area (Å²) in [5.74, 6) is 0.215. The fraction of sp³-hybridized carbons (Fsp3) is 0.600. The van der Waals surface area contributed by atoms with E-state index in [1.807, 2.05) is 27.0 Å². The van der Waals surface area contributed by atoms with E-state index in [0.717, 1.165) is 9.88 Å². The number of thiazole rings is 1. The number of rotatable bonds is 4. The number of amides is 1. The minimum absolute atomic E-state index is 0.0267. The van der Waals surface area contributed by atoms with Gasteiger partial charge in [0.25, 0.3) is 0 Å². The van der Waals surface area contributed by atoms with Crippen molar-refractivity contribution in [2.75, 3.05) is 0 Å². The molecular formula is C10H16N2OS2. The first kappa shape index (κ1) is 12.5. The average molecular weight is 244 g/mol. The Morgan fingerprint density at radius 1 is 1.67 bits per heavy atom. The fourth-order valence-electron chi connectivity index (χ4n) is 1.05. The Kier molecular flexibility index (Phi) is 4.60. The quantitative estimate of drug-likeness (QED) is 0.796. The third-order valence-corrected chi connectivity index (χ3v) is 3.73. The van der Waals surface area contributed by atoms with Crippen molar-refractivity contribution in [2.45, 2.75) is 32.6 Å². The van der Waals surface area contributed by atoms with Crippen molar-refractivity contribution in [1.29, 1.82) is 0 Å². The zero-order chi connectivity index (χ0) is 11.4. The van der Waals surface area contributed by atoms with Crippen molar-refractivity contribution in [3.8, 4) is 0 Å². The molecule has 15 heavy (non-hydrogen) atoms. The minimum atomic E-state index is -0.244. The lowest BCUT2D eigenvalue weighted by Gasteiger charge is -2.13. The Bertz CT molecular complexity index is 336. The van der Waals surface area contributed by atoms with Gasteiger partial charge in [0.05, 0.1) is 11.8 Å². The molecule has 0 saturated carbocycles. The normalized spacial score (nSPS) is 12.9. The summed E-state index contributed by atoms with van der Waals surface area (Å²) in [4.78, 5) is 16.9. The molecule has 0 aromatic carbocycles. The standard InChI is InChI=1S/C10H16N2OS2/c1-6(2)9(14)10(13)12-5-8-11-4-7(3)15-8/h4,6,9,14H,5H2,1-3H3,(H,12,13). The molecule has 5 heteroatoms. The van der Waals surface area contributed by atoms with E-state index in [-0.39, 0.29) is 17.1 Å². The van der Waals surface area contributed by atoms with Crippen LogP contribution in [0, 0.1) is 12.8 Å². The molecule has 0 aliphatic rings. The Morgan fingerprint density at radius 3 is 2.80 bits per heavy atom. The Hall–Kier alpha value is -0.550. The van der Waals surface area contributed by atoms with E-state index in [1.54, 1.807) is 11.3 Å². The van der Waals surface area contributed by atoms with E-state index in [2.05, 4.69) is 22.9 Å². The SMILES string of the molecule is Cc1cnc(CNC(=O)C(S)C(C)C)s1. The number of aromatic nitrogens is 1. The van der Waals surface area contributed by atoms with Gasteiger partial charge < -0.3 is 5.32 Å². The van der Waals surface area contributed by atoms with Crippen LogP contribution in [0.25, 0.3) is 0 Å². The molecule has 1 amide bonds. The summed E-state index contributed by atoms with van der Waals surface area (Å²) in [7, 11) is 0. The van der Waals surface area contributed by atoms with Gasteiger partial charge in [-0.2, -0.15) is 12.6 Å². The molecule has 1 N–H and O–H groups in total. The van der Waals surface area contributed by atoms with E-state index < -0.39 is 0 Å². The maximum absolute atomic E-state index is 11.6. The van der Waals surface area contributed by atoms with Crippen LogP contribution in [0.3, 0.4) is 0 Å². The van der Waals surface area contributed by atoms with Crippen molar-refractivity contribution in [3.63, 3.8) is 0 Å². The van der Waals surface area contributed by atoms with Crippen molar-refractivity contribution in [2.24, 2.45) is 5.92 Å². The fourth-order valence-corrected chi connectivity index (χ4v) is 1.87. The predicted molar refractivity (Wildman–Crippen MR) is 66.3 cm³/mol. The number of carbonyl (C=O) groups is 1. The number of nitrogens with one attached hydrogen (secondary N) is 1. The second kappa shape index (κ2) is 5.51. The zero-order valence-electron chi connectivity index (χ0n) is 9.15. The molecule has 1 unspecified atom stereocenters. The van der Waals surface area contributed by atoms with E-state index in [4.69, 9.17) is 0 Å². The molecule has 0 aliphatic heterocycles. The predicted octanol–water partition coefficient (Wildman–Crippen LogP) is 2.02. The summed E-state index contributed by atoms with van der Waals surface area (Å²) in [5.41, 5.74) is 0. The summed E-state index contributed by atoms with van der Waals surface area (Å²) >= 11 is 5.84. The molecule has 84 valence electrons. The van der Waals surface area contributed by atoms with Crippen LogP contribution in [-0.2, 0) is 11.3 Å². The molecule has 0 saturated heterocycles. The topological polar surface area (TPSA) is 42.0 Å². The summed E-state index contributed by atoms with van der Waals surface area (Å²) in [6.45, 7) is 6.45. The first-order chi connectivity index (χ1) is 7.00. The summed E-state index contributed by atoms with van der Waals surface area (Å²) in [5, 5.41) is 3.52. The molecule has 0 aliphatic carbocycles. The Morgan fingerprint density at radius 2 is 2.33 bits per heavy atom. The number of aryl methyl sites for hydroxylation is 1. The van der Waals surface area contributed by atoms with E-state index in [9.17, 15) is 4.79 Å². The van der Waals surface area contributed by atoms with Gasteiger partial charge in [-0.25, -0.2) is 4.98 Å². The molecule has 1 heterocycles. The van der Waals surface area contributed by atoms with Crippen LogP contribution in [0.1, 0.15) is 23.7 Å². The van der Waals surface area contributed by atoms with Crippen LogP contribution in [0.5, 0.6) is 0 Å². The maximum Gasteiger partial charge on any atom is 0.233 e. The summed E-state index contributed by atoms with van der Waals surface area (Å²) in [6.07, 6.45) is 1.81. The smallest absolute Gasteiger partial charge is 0.233 e. The van der Waals surface area contributed by atoms with Crippen LogP contribution in [0.4, 0.5) is 0 Å². The van der Waals surface area contributed by atoms with Crippen LogP contribution >= 0.6 is 24.0 Å². The van der Waals surface area contributed by atoms with Crippen molar-refractivity contribution in [3.05, 3.63) is 16.1 Å². The van der Waals surface area contributed by atoms with E-state index in [0.29, 0.717) is 6.54 Å². The lowest BCUT2D eigenvalue weighted by atomic mass is 10.1. The van der Waals surface area contributed by atoms with Crippen molar-refractivity contribution < 1.29 is 4.79 Å². The van der Waals surface area contributed by atoms with Crippen LogP contribution < -0.4 is 5.32 Å². The molecule has 0 bridgehead atoms. The van der Waals surface area contributed by atoms with Crippen molar-refractivity contribution >= 4 is 29.9 Å². The van der Waals surface area contributed by atoms with E-state index in [1.165, 1.54) is 0 Å². The van der Waals surface area contributed by atoms with Gasteiger partial charge >= 0.3 is 0 Å². The number of hydrogen-bond donors (Lipinski definition) is 2. The lowest BCUT2D eigenvalue weighted by molar-refractivity contribution is -0.121. The average Bonchev–Trinajstić information content (AvgIpc) is 2.59. The number of carbonyl (C=O) groups excluding carboxylic acids is 1. The Labute approximate surface area is 99.7 Å². The first-order valence-corrected chi connectivity index (χ1v) is 6.21. The molecule has 0 spiro atoms. The van der Waals surface area contributed by atoms with Crippen LogP contribution in [0.15, 0.2) is 6.20 Å². The molecule has 1 aromatic heterocycles.